The van der Waals surface area contributed by atoms with E-state index < -0.39 is 0 Å². The van der Waals surface area contributed by atoms with E-state index in [1.54, 1.807) is 32.4 Å². The van der Waals surface area contributed by atoms with Gasteiger partial charge in [0.2, 0.25) is 5.91 Å². The molecule has 1 aromatic rings. The maximum absolute atomic E-state index is 12.0. The summed E-state index contributed by atoms with van der Waals surface area (Å²) in [5.41, 5.74) is 7.00. The molecule has 1 unspecified atom stereocenters. The van der Waals surface area contributed by atoms with E-state index in [1.165, 1.54) is 0 Å². The lowest BCUT2D eigenvalue weighted by atomic mass is 10.2. The Morgan fingerprint density at radius 3 is 2.90 bits per heavy atom. The van der Waals surface area contributed by atoms with Crippen LogP contribution in [0.15, 0.2) is 18.2 Å². The highest BCUT2D eigenvalue weighted by atomic mass is 16.5. The van der Waals surface area contributed by atoms with Crippen molar-refractivity contribution in [2.24, 2.45) is 0 Å². The van der Waals surface area contributed by atoms with Gasteiger partial charge in [-0.05, 0) is 18.6 Å². The highest BCUT2D eigenvalue weighted by Gasteiger charge is 2.22. The molecule has 0 aromatic heterocycles. The second-order valence-electron chi connectivity index (χ2n) is 5.20. The molecule has 1 amide bonds. The van der Waals surface area contributed by atoms with Crippen LogP contribution in [0, 0.1) is 0 Å². The van der Waals surface area contributed by atoms with Crippen molar-refractivity contribution in [3.8, 4) is 5.75 Å². The molecule has 0 spiro atoms. The van der Waals surface area contributed by atoms with Crippen molar-refractivity contribution < 1.29 is 14.3 Å². The van der Waals surface area contributed by atoms with E-state index in [1.807, 2.05) is 0 Å². The number of amides is 1. The molecule has 1 fully saturated rings. The van der Waals surface area contributed by atoms with Gasteiger partial charge in [0.15, 0.2) is 0 Å². The molecule has 0 aliphatic carbocycles. The Kier molecular flexibility index (Phi) is 5.41. The zero-order valence-corrected chi connectivity index (χ0v) is 12.6. The Morgan fingerprint density at radius 1 is 1.48 bits per heavy atom. The lowest BCUT2D eigenvalue weighted by Gasteiger charge is -2.15. The van der Waals surface area contributed by atoms with Gasteiger partial charge in [-0.2, -0.15) is 0 Å². The number of carbonyl (C=O) groups excluding carboxylic acids is 1. The van der Waals surface area contributed by atoms with E-state index in [9.17, 15) is 4.79 Å². The van der Waals surface area contributed by atoms with Gasteiger partial charge in [-0.15, -0.1) is 0 Å². The van der Waals surface area contributed by atoms with E-state index in [2.05, 4.69) is 10.2 Å². The molecule has 1 heterocycles. The van der Waals surface area contributed by atoms with Crippen LogP contribution in [-0.4, -0.2) is 50.8 Å². The summed E-state index contributed by atoms with van der Waals surface area (Å²) in [7, 11) is 3.31. The van der Waals surface area contributed by atoms with Crippen molar-refractivity contribution in [1.82, 2.24) is 4.90 Å². The number of hydrogen-bond acceptors (Lipinski definition) is 5. The SMILES string of the molecule is COc1ccc(NC(=O)CCN2CCC(OC)C2)c(N)c1. The van der Waals surface area contributed by atoms with Crippen LogP contribution >= 0.6 is 0 Å². The van der Waals surface area contributed by atoms with Crippen LogP contribution in [0.4, 0.5) is 11.4 Å². The average molecular weight is 293 g/mol. The number of methoxy groups -OCH3 is 2. The Labute approximate surface area is 125 Å². The quantitative estimate of drug-likeness (QED) is 0.774. The normalized spacial score (nSPS) is 18.7. The molecule has 1 atom stereocenters. The van der Waals surface area contributed by atoms with Crippen LogP contribution < -0.4 is 15.8 Å². The maximum atomic E-state index is 12.0. The number of nitrogen functional groups attached to an aromatic ring is 1. The van der Waals surface area contributed by atoms with Crippen molar-refractivity contribution >= 4 is 17.3 Å². The number of nitrogens with two attached hydrogens (primary N) is 1. The minimum absolute atomic E-state index is 0.0345. The molecule has 6 nitrogen and oxygen atoms in total. The molecular weight excluding hydrogens is 270 g/mol. The fourth-order valence-electron chi connectivity index (χ4n) is 2.45. The summed E-state index contributed by atoms with van der Waals surface area (Å²) in [5, 5.41) is 2.83. The summed E-state index contributed by atoms with van der Waals surface area (Å²) in [6.07, 6.45) is 1.77. The molecule has 21 heavy (non-hydrogen) atoms. The summed E-state index contributed by atoms with van der Waals surface area (Å²) in [6.45, 7) is 2.62. The first-order valence-electron chi connectivity index (χ1n) is 7.11. The summed E-state index contributed by atoms with van der Waals surface area (Å²) >= 11 is 0. The second-order valence-corrected chi connectivity index (χ2v) is 5.20. The van der Waals surface area contributed by atoms with Gasteiger partial charge in [0.1, 0.15) is 5.75 Å². The first-order valence-corrected chi connectivity index (χ1v) is 7.11. The minimum Gasteiger partial charge on any atom is -0.497 e. The van der Waals surface area contributed by atoms with Crippen LogP contribution in [0.1, 0.15) is 12.8 Å². The molecule has 0 bridgehead atoms. The van der Waals surface area contributed by atoms with E-state index >= 15 is 0 Å². The minimum atomic E-state index is -0.0345. The molecule has 0 saturated carbocycles. The van der Waals surface area contributed by atoms with Crippen molar-refractivity contribution in [3.63, 3.8) is 0 Å². The van der Waals surface area contributed by atoms with Gasteiger partial charge in [-0.3, -0.25) is 4.79 Å². The molecule has 3 N–H and O–H groups in total. The largest absolute Gasteiger partial charge is 0.497 e. The number of rotatable bonds is 6. The lowest BCUT2D eigenvalue weighted by Crippen LogP contribution is -2.27. The number of carbonyl (C=O) groups is 1. The number of nitrogens with one attached hydrogen (secondary N) is 1. The molecule has 2 rings (SSSR count). The van der Waals surface area contributed by atoms with Gasteiger partial charge in [0, 0.05) is 39.2 Å². The Bertz CT molecular complexity index is 493. The fourth-order valence-corrected chi connectivity index (χ4v) is 2.45. The third kappa shape index (κ3) is 4.34. The monoisotopic (exact) mass is 293 g/mol. The third-order valence-electron chi connectivity index (χ3n) is 3.75. The molecular formula is C15H23N3O3. The van der Waals surface area contributed by atoms with Crippen LogP contribution in [0.5, 0.6) is 5.75 Å². The van der Waals surface area contributed by atoms with Crippen molar-refractivity contribution in [2.75, 3.05) is 44.9 Å². The van der Waals surface area contributed by atoms with E-state index in [0.29, 0.717) is 29.6 Å². The molecule has 1 aromatic carbocycles. The van der Waals surface area contributed by atoms with E-state index in [4.69, 9.17) is 15.2 Å². The second kappa shape index (κ2) is 7.28. The number of ether oxygens (including phenoxy) is 2. The molecule has 1 saturated heterocycles. The van der Waals surface area contributed by atoms with Crippen molar-refractivity contribution in [3.05, 3.63) is 18.2 Å². The van der Waals surface area contributed by atoms with Gasteiger partial charge in [0.25, 0.3) is 0 Å². The predicted octanol–water partition coefficient (Wildman–Crippen LogP) is 1.33. The number of likely N-dealkylation sites (tertiary alicyclic amines) is 1. The van der Waals surface area contributed by atoms with Crippen LogP contribution in [0.2, 0.25) is 0 Å². The van der Waals surface area contributed by atoms with Crippen molar-refractivity contribution in [2.45, 2.75) is 18.9 Å². The Hall–Kier alpha value is -1.79. The average Bonchev–Trinajstić information content (AvgIpc) is 2.95. The third-order valence-corrected chi connectivity index (χ3v) is 3.75. The van der Waals surface area contributed by atoms with Gasteiger partial charge >= 0.3 is 0 Å². The molecule has 1 aliphatic heterocycles. The smallest absolute Gasteiger partial charge is 0.225 e. The summed E-state index contributed by atoms with van der Waals surface area (Å²) < 4.78 is 10.4. The lowest BCUT2D eigenvalue weighted by molar-refractivity contribution is -0.116. The molecule has 6 heteroatoms. The first-order chi connectivity index (χ1) is 10.1. The number of anilines is 2. The maximum Gasteiger partial charge on any atom is 0.225 e. The summed E-state index contributed by atoms with van der Waals surface area (Å²) in [4.78, 5) is 14.2. The van der Waals surface area contributed by atoms with Crippen LogP contribution in [0.25, 0.3) is 0 Å². The van der Waals surface area contributed by atoms with E-state index in [0.717, 1.165) is 26.1 Å². The van der Waals surface area contributed by atoms with Crippen LogP contribution in [0.3, 0.4) is 0 Å². The van der Waals surface area contributed by atoms with Gasteiger partial charge < -0.3 is 25.4 Å². The highest BCUT2D eigenvalue weighted by Crippen LogP contribution is 2.24. The number of hydrogen-bond donors (Lipinski definition) is 2. The number of benzene rings is 1. The Morgan fingerprint density at radius 2 is 2.29 bits per heavy atom. The summed E-state index contributed by atoms with van der Waals surface area (Å²) in [5.74, 6) is 0.640. The van der Waals surface area contributed by atoms with Gasteiger partial charge in [-0.1, -0.05) is 0 Å². The standard InChI is InChI=1S/C15H23N3O3/c1-20-11-3-4-14(13(16)9-11)17-15(19)6-8-18-7-5-12(10-18)21-2/h3-4,9,12H,5-8,10,16H2,1-2H3,(H,17,19). The fraction of sp³-hybridized carbons (Fsp3) is 0.533. The molecule has 0 radical (unpaired) electrons. The van der Waals surface area contributed by atoms with Crippen molar-refractivity contribution in [1.29, 1.82) is 0 Å². The van der Waals surface area contributed by atoms with Crippen LogP contribution in [-0.2, 0) is 9.53 Å². The highest BCUT2D eigenvalue weighted by molar-refractivity contribution is 5.94. The number of nitrogens with zero attached hydrogens (tertiary/aromatic N) is 1. The van der Waals surface area contributed by atoms with Gasteiger partial charge in [-0.25, -0.2) is 0 Å². The Balaban J connectivity index is 1.79. The summed E-state index contributed by atoms with van der Waals surface area (Å²) in [6, 6.07) is 5.22. The zero-order chi connectivity index (χ0) is 15.2. The van der Waals surface area contributed by atoms with Gasteiger partial charge in [0.05, 0.1) is 24.6 Å². The molecule has 1 aliphatic rings. The zero-order valence-electron chi connectivity index (χ0n) is 12.6. The first kappa shape index (κ1) is 15.6. The topological polar surface area (TPSA) is 76.8 Å². The molecule has 116 valence electrons. The van der Waals surface area contributed by atoms with E-state index in [-0.39, 0.29) is 5.91 Å². The predicted molar refractivity (Wildman–Crippen MR) is 82.5 cm³/mol.